The molecule has 0 aromatic heterocycles. The lowest BCUT2D eigenvalue weighted by Crippen LogP contribution is -2.40. The average molecular weight is 327 g/mol. The molecule has 0 radical (unpaired) electrons. The van der Waals surface area contributed by atoms with E-state index in [1.165, 1.54) is 0 Å². The number of aliphatic hydroxyl groups excluding tert-OH is 1. The summed E-state index contributed by atoms with van der Waals surface area (Å²) in [6.45, 7) is -2.78. The molecule has 0 spiro atoms. The molecule has 0 atom stereocenters. The molecule has 116 valence electrons. The van der Waals surface area contributed by atoms with Crippen LogP contribution in [0.3, 0.4) is 0 Å². The van der Waals surface area contributed by atoms with Gasteiger partial charge in [0.25, 0.3) is 11.6 Å². The number of rotatable bonds is 5. The zero-order chi connectivity index (χ0) is 16.2. The van der Waals surface area contributed by atoms with Crippen molar-refractivity contribution < 1.29 is 28.0 Å². The predicted octanol–water partition coefficient (Wildman–Crippen LogP) is 2.25. The fourth-order valence-electron chi connectivity index (χ4n) is 1.56. The van der Waals surface area contributed by atoms with Gasteiger partial charge in [-0.1, -0.05) is 11.6 Å². The second-order valence-electron chi connectivity index (χ2n) is 3.99. The third-order valence-electron chi connectivity index (χ3n) is 2.42. The molecule has 0 heterocycles. The third kappa shape index (κ3) is 4.87. The van der Waals surface area contributed by atoms with E-state index in [0.717, 1.165) is 18.2 Å². The van der Waals surface area contributed by atoms with Crippen LogP contribution < -0.4 is 0 Å². The number of nitro benzene ring substituents is 1. The number of carbonyl (C=O) groups excluding carboxylic acids is 1. The predicted molar refractivity (Wildman–Crippen MR) is 67.2 cm³/mol. The Kier molecular flexibility index (Phi) is 5.50. The lowest BCUT2D eigenvalue weighted by molar-refractivity contribution is -0.384. The Hall–Kier alpha value is -1.87. The molecule has 0 aliphatic heterocycles. The Morgan fingerprint density at radius 3 is 2.52 bits per heavy atom. The molecule has 0 bridgehead atoms. The Bertz CT molecular complexity index is 551. The van der Waals surface area contributed by atoms with Gasteiger partial charge in [-0.05, 0) is 12.1 Å². The van der Waals surface area contributed by atoms with Crippen molar-refractivity contribution in [3.8, 4) is 0 Å². The molecule has 6 nitrogen and oxygen atoms in total. The first-order chi connectivity index (χ1) is 9.65. The van der Waals surface area contributed by atoms with Crippen molar-refractivity contribution in [1.82, 2.24) is 4.90 Å². The molecule has 0 aliphatic carbocycles. The first-order valence-corrected chi connectivity index (χ1v) is 5.94. The first-order valence-electron chi connectivity index (χ1n) is 5.56. The maximum Gasteiger partial charge on any atom is 0.406 e. The number of carbonyl (C=O) groups is 1. The van der Waals surface area contributed by atoms with Crippen LogP contribution in [0.5, 0.6) is 0 Å². The SMILES string of the molecule is O=C(c1ccc(Cl)c([N+](=O)[O-])c1)N(CCO)CC(F)(F)F. The summed E-state index contributed by atoms with van der Waals surface area (Å²) in [5.74, 6) is -1.08. The van der Waals surface area contributed by atoms with Crippen molar-refractivity contribution in [2.24, 2.45) is 0 Å². The van der Waals surface area contributed by atoms with Gasteiger partial charge in [-0.2, -0.15) is 13.2 Å². The molecule has 1 aromatic rings. The maximum absolute atomic E-state index is 12.4. The Labute approximate surface area is 121 Å². The molecular weight excluding hydrogens is 317 g/mol. The highest BCUT2D eigenvalue weighted by molar-refractivity contribution is 6.32. The molecule has 1 N–H and O–H groups in total. The van der Waals surface area contributed by atoms with Crippen LogP contribution >= 0.6 is 11.6 Å². The van der Waals surface area contributed by atoms with E-state index in [0.29, 0.717) is 4.90 Å². The van der Waals surface area contributed by atoms with Gasteiger partial charge in [0.05, 0.1) is 11.5 Å². The van der Waals surface area contributed by atoms with E-state index in [4.69, 9.17) is 16.7 Å². The standard InChI is InChI=1S/C11H10ClF3N2O4/c12-8-2-1-7(5-9(8)17(20)21)10(19)16(3-4-18)6-11(13,14)15/h1-2,5,18H,3-4,6H2. The molecule has 1 amide bonds. The summed E-state index contributed by atoms with van der Waals surface area (Å²) in [5.41, 5.74) is -0.901. The number of nitrogens with zero attached hydrogens (tertiary/aromatic N) is 2. The average Bonchev–Trinajstić information content (AvgIpc) is 2.36. The van der Waals surface area contributed by atoms with Crippen molar-refractivity contribution in [2.45, 2.75) is 6.18 Å². The van der Waals surface area contributed by atoms with Gasteiger partial charge in [-0.25, -0.2) is 0 Å². The lowest BCUT2D eigenvalue weighted by Gasteiger charge is -2.23. The number of halogens is 4. The summed E-state index contributed by atoms with van der Waals surface area (Å²) in [6.07, 6.45) is -4.65. The first kappa shape index (κ1) is 17.2. The lowest BCUT2D eigenvalue weighted by atomic mass is 10.1. The minimum absolute atomic E-state index is 0.235. The largest absolute Gasteiger partial charge is 0.406 e. The van der Waals surface area contributed by atoms with Crippen LogP contribution in [0.1, 0.15) is 10.4 Å². The topological polar surface area (TPSA) is 83.7 Å². The highest BCUT2D eigenvalue weighted by Gasteiger charge is 2.33. The van der Waals surface area contributed by atoms with Gasteiger partial charge < -0.3 is 10.0 Å². The highest BCUT2D eigenvalue weighted by atomic mass is 35.5. The van der Waals surface area contributed by atoms with Crippen LogP contribution in [0.15, 0.2) is 18.2 Å². The number of alkyl halides is 3. The van der Waals surface area contributed by atoms with Crippen molar-refractivity contribution >= 4 is 23.2 Å². The fraction of sp³-hybridized carbons (Fsp3) is 0.364. The van der Waals surface area contributed by atoms with Crippen molar-refractivity contribution in [1.29, 1.82) is 0 Å². The summed E-state index contributed by atoms with van der Waals surface area (Å²) >= 11 is 5.56. The molecule has 21 heavy (non-hydrogen) atoms. The fourth-order valence-corrected chi connectivity index (χ4v) is 1.74. The molecule has 0 aliphatic rings. The van der Waals surface area contributed by atoms with E-state index in [1.54, 1.807) is 0 Å². The number of aliphatic hydroxyl groups is 1. The molecule has 0 saturated heterocycles. The van der Waals surface area contributed by atoms with Crippen LogP contribution in [0.2, 0.25) is 5.02 Å². The van der Waals surface area contributed by atoms with Crippen LogP contribution in [-0.2, 0) is 0 Å². The van der Waals surface area contributed by atoms with E-state index in [-0.39, 0.29) is 10.6 Å². The van der Waals surface area contributed by atoms with Gasteiger partial charge in [-0.15, -0.1) is 0 Å². The quantitative estimate of drug-likeness (QED) is 0.664. The highest BCUT2D eigenvalue weighted by Crippen LogP contribution is 2.26. The molecule has 1 rings (SSSR count). The summed E-state index contributed by atoms with van der Waals surface area (Å²) < 4.78 is 37.1. The van der Waals surface area contributed by atoms with Gasteiger partial charge in [-0.3, -0.25) is 14.9 Å². The van der Waals surface area contributed by atoms with E-state index < -0.39 is 42.4 Å². The van der Waals surface area contributed by atoms with E-state index in [9.17, 15) is 28.1 Å². The molecule has 1 aromatic carbocycles. The van der Waals surface area contributed by atoms with Crippen molar-refractivity contribution in [2.75, 3.05) is 19.7 Å². The minimum atomic E-state index is -4.65. The number of amides is 1. The summed E-state index contributed by atoms with van der Waals surface area (Å²) in [5, 5.41) is 19.2. The second kappa shape index (κ2) is 6.72. The van der Waals surface area contributed by atoms with Crippen LogP contribution in [0, 0.1) is 10.1 Å². The molecule has 0 fully saturated rings. The zero-order valence-corrected chi connectivity index (χ0v) is 11.2. The van der Waals surface area contributed by atoms with E-state index >= 15 is 0 Å². The van der Waals surface area contributed by atoms with Gasteiger partial charge in [0.2, 0.25) is 0 Å². The van der Waals surface area contributed by atoms with E-state index in [1.807, 2.05) is 0 Å². The normalized spacial score (nSPS) is 11.3. The molecular formula is C11H10ClF3N2O4. The number of benzene rings is 1. The monoisotopic (exact) mass is 326 g/mol. The van der Waals surface area contributed by atoms with Crippen LogP contribution in [0.4, 0.5) is 18.9 Å². The third-order valence-corrected chi connectivity index (χ3v) is 2.74. The molecule has 0 saturated carbocycles. The summed E-state index contributed by atoms with van der Waals surface area (Å²) in [7, 11) is 0. The smallest absolute Gasteiger partial charge is 0.395 e. The van der Waals surface area contributed by atoms with Gasteiger partial charge in [0, 0.05) is 18.2 Å². The maximum atomic E-state index is 12.4. The number of hydrogen-bond acceptors (Lipinski definition) is 4. The summed E-state index contributed by atoms with van der Waals surface area (Å²) in [4.78, 5) is 22.2. The Morgan fingerprint density at radius 1 is 1.43 bits per heavy atom. The number of hydrogen-bond donors (Lipinski definition) is 1. The van der Waals surface area contributed by atoms with Gasteiger partial charge >= 0.3 is 6.18 Å². The van der Waals surface area contributed by atoms with Crippen LogP contribution in [-0.4, -0.2) is 46.7 Å². The summed E-state index contributed by atoms with van der Waals surface area (Å²) in [6, 6.07) is 2.93. The van der Waals surface area contributed by atoms with Gasteiger partial charge in [0.15, 0.2) is 0 Å². The zero-order valence-electron chi connectivity index (χ0n) is 10.4. The number of nitro groups is 1. The van der Waals surface area contributed by atoms with E-state index in [2.05, 4.69) is 0 Å². The molecule has 10 heteroatoms. The minimum Gasteiger partial charge on any atom is -0.395 e. The second-order valence-corrected chi connectivity index (χ2v) is 4.40. The van der Waals surface area contributed by atoms with Crippen LogP contribution in [0.25, 0.3) is 0 Å². The van der Waals surface area contributed by atoms with Gasteiger partial charge in [0.1, 0.15) is 11.6 Å². The van der Waals surface area contributed by atoms with Crippen molar-refractivity contribution in [3.05, 3.63) is 38.9 Å². The van der Waals surface area contributed by atoms with Crippen molar-refractivity contribution in [3.63, 3.8) is 0 Å². The molecule has 0 unspecified atom stereocenters. The Morgan fingerprint density at radius 2 is 2.05 bits per heavy atom. The Balaban J connectivity index is 3.09.